The summed E-state index contributed by atoms with van der Waals surface area (Å²) in [6.45, 7) is 7.71. The third-order valence-electron chi connectivity index (χ3n) is 4.63. The van der Waals surface area contributed by atoms with Crippen LogP contribution in [0.25, 0.3) is 0 Å². The first-order valence-corrected chi connectivity index (χ1v) is 9.19. The van der Waals surface area contributed by atoms with E-state index in [1.165, 1.54) is 44.7 Å². The Balaban J connectivity index is 0.00000338. The van der Waals surface area contributed by atoms with Crippen molar-refractivity contribution in [3.63, 3.8) is 0 Å². The highest BCUT2D eigenvalue weighted by Gasteiger charge is 2.12. The zero-order chi connectivity index (χ0) is 17.9. The second-order valence-corrected chi connectivity index (χ2v) is 6.55. The number of aliphatic imine (C=N–C) groups is 1. The highest BCUT2D eigenvalue weighted by molar-refractivity contribution is 14.0. The van der Waals surface area contributed by atoms with Gasteiger partial charge < -0.3 is 25.2 Å². The molecule has 26 heavy (non-hydrogen) atoms. The summed E-state index contributed by atoms with van der Waals surface area (Å²) in [4.78, 5) is 9.25. The van der Waals surface area contributed by atoms with Gasteiger partial charge in [-0.2, -0.15) is 0 Å². The lowest BCUT2D eigenvalue weighted by atomic mass is 10.2. The fourth-order valence-electron chi connectivity index (χ4n) is 2.89. The molecule has 0 bridgehead atoms. The first kappa shape index (κ1) is 23.0. The van der Waals surface area contributed by atoms with Crippen molar-refractivity contribution in [2.45, 2.75) is 19.4 Å². The van der Waals surface area contributed by atoms with Crippen molar-refractivity contribution in [2.75, 3.05) is 60.5 Å². The molecule has 0 aromatic heterocycles. The van der Waals surface area contributed by atoms with Gasteiger partial charge in [0, 0.05) is 46.3 Å². The molecule has 6 nitrogen and oxygen atoms in total. The Bertz CT molecular complexity index is 515. The molecule has 1 heterocycles. The van der Waals surface area contributed by atoms with E-state index < -0.39 is 0 Å². The molecule has 1 fully saturated rings. The Morgan fingerprint density at radius 1 is 1.08 bits per heavy atom. The van der Waals surface area contributed by atoms with Gasteiger partial charge in [0.15, 0.2) is 5.96 Å². The number of halogens is 1. The standard InChI is InChI=1S/C19H33N5O.HI/c1-20-19(22-16-17-6-8-18(25-3)9-7-17)21-10-4-5-11-24-14-12-23(2)13-15-24;/h6-9H,4-5,10-16H2,1-3H3,(H2,20,21,22);1H. The smallest absolute Gasteiger partial charge is 0.191 e. The molecule has 0 atom stereocenters. The van der Waals surface area contributed by atoms with Crippen molar-refractivity contribution < 1.29 is 4.74 Å². The van der Waals surface area contributed by atoms with Gasteiger partial charge in [0.2, 0.25) is 0 Å². The molecule has 2 rings (SSSR count). The summed E-state index contributed by atoms with van der Waals surface area (Å²) in [5.74, 6) is 1.74. The summed E-state index contributed by atoms with van der Waals surface area (Å²) in [6.07, 6.45) is 2.39. The molecule has 1 aliphatic heterocycles. The number of benzene rings is 1. The molecule has 0 radical (unpaired) electrons. The number of unbranched alkanes of at least 4 members (excludes halogenated alkanes) is 1. The number of hydrogen-bond donors (Lipinski definition) is 2. The normalized spacial score (nSPS) is 16.0. The zero-order valence-corrected chi connectivity index (χ0v) is 18.7. The fraction of sp³-hybridized carbons (Fsp3) is 0.632. The van der Waals surface area contributed by atoms with E-state index in [1.54, 1.807) is 7.11 Å². The van der Waals surface area contributed by atoms with Crippen molar-refractivity contribution in [1.82, 2.24) is 20.4 Å². The SMILES string of the molecule is CN=C(NCCCCN1CCN(C)CC1)NCc1ccc(OC)cc1.I. The Morgan fingerprint density at radius 3 is 2.38 bits per heavy atom. The molecule has 2 N–H and O–H groups in total. The van der Waals surface area contributed by atoms with Gasteiger partial charge in [-0.15, -0.1) is 24.0 Å². The van der Waals surface area contributed by atoms with E-state index in [0.717, 1.165) is 31.2 Å². The highest BCUT2D eigenvalue weighted by Crippen LogP contribution is 2.10. The van der Waals surface area contributed by atoms with Crippen LogP contribution in [-0.2, 0) is 6.54 Å². The second kappa shape index (κ2) is 13.2. The van der Waals surface area contributed by atoms with E-state index in [-0.39, 0.29) is 24.0 Å². The fourth-order valence-corrected chi connectivity index (χ4v) is 2.89. The van der Waals surface area contributed by atoms with E-state index in [2.05, 4.69) is 44.6 Å². The lowest BCUT2D eigenvalue weighted by Gasteiger charge is -2.32. The molecule has 0 aliphatic carbocycles. The van der Waals surface area contributed by atoms with E-state index in [9.17, 15) is 0 Å². The molecule has 0 spiro atoms. The predicted octanol–water partition coefficient (Wildman–Crippen LogP) is 2.01. The zero-order valence-electron chi connectivity index (χ0n) is 16.3. The van der Waals surface area contributed by atoms with Crippen LogP contribution in [0.2, 0.25) is 0 Å². The van der Waals surface area contributed by atoms with Crippen molar-refractivity contribution in [2.24, 2.45) is 4.99 Å². The Morgan fingerprint density at radius 2 is 1.77 bits per heavy atom. The number of guanidine groups is 1. The largest absolute Gasteiger partial charge is 0.497 e. The highest BCUT2D eigenvalue weighted by atomic mass is 127. The number of likely N-dealkylation sites (N-methyl/N-ethyl adjacent to an activating group) is 1. The van der Waals surface area contributed by atoms with Gasteiger partial charge in [-0.25, -0.2) is 0 Å². The maximum atomic E-state index is 5.18. The third kappa shape index (κ3) is 8.55. The van der Waals surface area contributed by atoms with Crippen LogP contribution in [0.3, 0.4) is 0 Å². The molecular weight excluding hydrogens is 441 g/mol. The van der Waals surface area contributed by atoms with Crippen LogP contribution < -0.4 is 15.4 Å². The number of hydrogen-bond acceptors (Lipinski definition) is 4. The molecule has 0 amide bonds. The van der Waals surface area contributed by atoms with E-state index in [4.69, 9.17) is 4.74 Å². The Hall–Kier alpha value is -1.06. The minimum atomic E-state index is 0. The third-order valence-corrected chi connectivity index (χ3v) is 4.63. The minimum Gasteiger partial charge on any atom is -0.497 e. The summed E-state index contributed by atoms with van der Waals surface area (Å²) < 4.78 is 5.18. The molecule has 7 heteroatoms. The van der Waals surface area contributed by atoms with Crippen molar-refractivity contribution in [3.8, 4) is 5.75 Å². The van der Waals surface area contributed by atoms with Crippen LogP contribution in [0, 0.1) is 0 Å². The lowest BCUT2D eigenvalue weighted by molar-refractivity contribution is 0.152. The second-order valence-electron chi connectivity index (χ2n) is 6.55. The van der Waals surface area contributed by atoms with Crippen LogP contribution in [0.5, 0.6) is 5.75 Å². The van der Waals surface area contributed by atoms with E-state index in [1.807, 2.05) is 19.2 Å². The topological polar surface area (TPSA) is 52.1 Å². The van der Waals surface area contributed by atoms with Gasteiger partial charge >= 0.3 is 0 Å². The number of piperazine rings is 1. The van der Waals surface area contributed by atoms with Crippen LogP contribution in [0.15, 0.2) is 29.3 Å². The van der Waals surface area contributed by atoms with Gasteiger partial charge in [-0.3, -0.25) is 4.99 Å². The van der Waals surface area contributed by atoms with Crippen LogP contribution in [0.1, 0.15) is 18.4 Å². The van der Waals surface area contributed by atoms with Crippen molar-refractivity contribution >= 4 is 29.9 Å². The molecule has 1 aliphatic rings. The van der Waals surface area contributed by atoms with Gasteiger partial charge in [0.25, 0.3) is 0 Å². The van der Waals surface area contributed by atoms with Crippen LogP contribution >= 0.6 is 24.0 Å². The van der Waals surface area contributed by atoms with Gasteiger partial charge in [-0.05, 0) is 44.1 Å². The van der Waals surface area contributed by atoms with Crippen LogP contribution in [-0.4, -0.2) is 76.2 Å². The summed E-state index contributed by atoms with van der Waals surface area (Å²) >= 11 is 0. The van der Waals surface area contributed by atoms with Crippen LogP contribution in [0.4, 0.5) is 0 Å². The summed E-state index contributed by atoms with van der Waals surface area (Å²) in [5.41, 5.74) is 1.21. The quantitative estimate of drug-likeness (QED) is 0.261. The lowest BCUT2D eigenvalue weighted by Crippen LogP contribution is -2.44. The summed E-state index contributed by atoms with van der Waals surface area (Å²) in [6, 6.07) is 8.08. The monoisotopic (exact) mass is 475 g/mol. The van der Waals surface area contributed by atoms with Gasteiger partial charge in [0.1, 0.15) is 5.75 Å². The average molecular weight is 475 g/mol. The van der Waals surface area contributed by atoms with Gasteiger partial charge in [-0.1, -0.05) is 12.1 Å². The Labute approximate surface area is 175 Å². The number of nitrogens with zero attached hydrogens (tertiary/aromatic N) is 3. The summed E-state index contributed by atoms with van der Waals surface area (Å²) in [5, 5.41) is 6.74. The number of rotatable bonds is 8. The maximum absolute atomic E-state index is 5.18. The first-order valence-electron chi connectivity index (χ1n) is 9.19. The van der Waals surface area contributed by atoms with Crippen molar-refractivity contribution in [3.05, 3.63) is 29.8 Å². The number of ether oxygens (including phenoxy) is 1. The van der Waals surface area contributed by atoms with E-state index >= 15 is 0 Å². The van der Waals surface area contributed by atoms with Crippen molar-refractivity contribution in [1.29, 1.82) is 0 Å². The molecule has 1 saturated heterocycles. The molecule has 1 aromatic rings. The molecule has 0 saturated carbocycles. The first-order chi connectivity index (χ1) is 12.2. The predicted molar refractivity (Wildman–Crippen MR) is 120 cm³/mol. The number of nitrogens with one attached hydrogen (secondary N) is 2. The Kier molecular flexibility index (Phi) is 11.6. The molecule has 148 valence electrons. The average Bonchev–Trinajstić information content (AvgIpc) is 2.66. The molecular formula is C19H34IN5O. The molecule has 1 aromatic carbocycles. The summed E-state index contributed by atoms with van der Waals surface area (Å²) in [7, 11) is 5.70. The minimum absolute atomic E-state index is 0. The van der Waals surface area contributed by atoms with Gasteiger partial charge in [0.05, 0.1) is 7.11 Å². The number of methoxy groups -OCH3 is 1. The van der Waals surface area contributed by atoms with E-state index in [0.29, 0.717) is 0 Å². The maximum Gasteiger partial charge on any atom is 0.191 e. The molecule has 0 unspecified atom stereocenters.